The molecule has 0 spiro atoms. The number of carbonyl (C=O) groups excluding carboxylic acids is 1. The summed E-state index contributed by atoms with van der Waals surface area (Å²) in [6, 6.07) is 9.46. The van der Waals surface area contributed by atoms with Crippen LogP contribution in [0.2, 0.25) is 5.02 Å². The Morgan fingerprint density at radius 1 is 1.29 bits per heavy atom. The molecule has 2 atom stereocenters. The third kappa shape index (κ3) is 4.02. The van der Waals surface area contributed by atoms with Gasteiger partial charge in [0.25, 0.3) is 10.0 Å². The summed E-state index contributed by atoms with van der Waals surface area (Å²) in [6.45, 7) is 3.76. The van der Waals surface area contributed by atoms with Gasteiger partial charge in [-0.2, -0.15) is 0 Å². The number of halogens is 2. The van der Waals surface area contributed by atoms with E-state index in [1.165, 1.54) is 18.2 Å². The van der Waals surface area contributed by atoms with Gasteiger partial charge in [-0.3, -0.25) is 14.5 Å². The second kappa shape index (κ2) is 7.89. The van der Waals surface area contributed by atoms with Crippen LogP contribution in [0.5, 0.6) is 0 Å². The highest BCUT2D eigenvalue weighted by molar-refractivity contribution is 7.90. The van der Waals surface area contributed by atoms with E-state index in [1.54, 1.807) is 18.2 Å². The van der Waals surface area contributed by atoms with Gasteiger partial charge >= 0.3 is 0 Å². The van der Waals surface area contributed by atoms with Gasteiger partial charge in [-0.15, -0.1) is 0 Å². The SMILES string of the molecule is CC[C@H](C)[C@@H](N=C1NS(=O)(=O)c2ccccc21)C(=O)Nc1ccc(F)c(Cl)c1. The Labute approximate surface area is 167 Å². The molecule has 0 saturated carbocycles. The van der Waals surface area contributed by atoms with Crippen LogP contribution in [0, 0.1) is 11.7 Å². The Balaban J connectivity index is 1.94. The molecular weight excluding hydrogens is 405 g/mol. The molecule has 1 heterocycles. The predicted molar refractivity (Wildman–Crippen MR) is 107 cm³/mol. The molecule has 28 heavy (non-hydrogen) atoms. The van der Waals surface area contributed by atoms with E-state index in [1.807, 2.05) is 13.8 Å². The van der Waals surface area contributed by atoms with Gasteiger partial charge in [-0.25, -0.2) is 12.8 Å². The van der Waals surface area contributed by atoms with Gasteiger partial charge in [0.15, 0.2) is 0 Å². The summed E-state index contributed by atoms with van der Waals surface area (Å²) in [5, 5.41) is 2.56. The molecule has 2 aromatic carbocycles. The Morgan fingerprint density at radius 2 is 2.00 bits per heavy atom. The lowest BCUT2D eigenvalue weighted by Gasteiger charge is -2.19. The molecule has 0 aliphatic carbocycles. The largest absolute Gasteiger partial charge is 0.324 e. The number of anilines is 1. The minimum Gasteiger partial charge on any atom is -0.324 e. The number of aliphatic imine (C=N–C) groups is 1. The molecule has 148 valence electrons. The highest BCUT2D eigenvalue weighted by Crippen LogP contribution is 2.25. The fourth-order valence-electron chi connectivity index (χ4n) is 2.83. The third-order valence-electron chi connectivity index (χ3n) is 4.57. The quantitative estimate of drug-likeness (QED) is 0.770. The van der Waals surface area contributed by atoms with Crippen molar-refractivity contribution < 1.29 is 17.6 Å². The van der Waals surface area contributed by atoms with Crippen LogP contribution in [-0.4, -0.2) is 26.2 Å². The zero-order valence-electron chi connectivity index (χ0n) is 15.2. The van der Waals surface area contributed by atoms with Gasteiger partial charge in [0.2, 0.25) is 5.91 Å². The molecule has 2 N–H and O–H groups in total. The number of benzene rings is 2. The van der Waals surface area contributed by atoms with Crippen LogP contribution in [0.4, 0.5) is 10.1 Å². The molecule has 0 unspecified atom stereocenters. The van der Waals surface area contributed by atoms with Crippen molar-refractivity contribution in [3.63, 3.8) is 0 Å². The van der Waals surface area contributed by atoms with Crippen molar-refractivity contribution in [2.24, 2.45) is 10.9 Å². The van der Waals surface area contributed by atoms with Gasteiger partial charge in [0, 0.05) is 11.3 Å². The fourth-order valence-corrected chi connectivity index (χ4v) is 4.25. The number of nitrogens with zero attached hydrogens (tertiary/aromatic N) is 1. The average Bonchev–Trinajstić information content (AvgIpc) is 2.92. The second-order valence-electron chi connectivity index (χ2n) is 6.53. The molecule has 0 aromatic heterocycles. The lowest BCUT2D eigenvalue weighted by Crippen LogP contribution is -2.34. The smallest absolute Gasteiger partial charge is 0.263 e. The molecular formula is C19H19ClFN3O3S. The highest BCUT2D eigenvalue weighted by atomic mass is 35.5. The maximum atomic E-state index is 13.3. The van der Waals surface area contributed by atoms with Gasteiger partial charge in [-0.1, -0.05) is 44.0 Å². The number of amides is 1. The molecule has 0 fully saturated rings. The van der Waals surface area contributed by atoms with E-state index < -0.39 is 27.8 Å². The van der Waals surface area contributed by atoms with Gasteiger partial charge < -0.3 is 5.32 Å². The average molecular weight is 424 g/mol. The first kappa shape index (κ1) is 20.3. The normalized spacial score (nSPS) is 18.2. The van der Waals surface area contributed by atoms with Crippen molar-refractivity contribution in [3.8, 4) is 0 Å². The monoisotopic (exact) mass is 423 g/mol. The molecule has 0 radical (unpaired) electrons. The summed E-state index contributed by atoms with van der Waals surface area (Å²) in [5.41, 5.74) is 0.755. The van der Waals surface area contributed by atoms with Crippen molar-refractivity contribution in [2.75, 3.05) is 5.32 Å². The van der Waals surface area contributed by atoms with E-state index in [9.17, 15) is 17.6 Å². The summed E-state index contributed by atoms with van der Waals surface area (Å²) < 4.78 is 40.3. The Hall–Kier alpha value is -2.45. The van der Waals surface area contributed by atoms with Crippen LogP contribution in [-0.2, 0) is 14.8 Å². The van der Waals surface area contributed by atoms with Crippen LogP contribution < -0.4 is 10.0 Å². The topological polar surface area (TPSA) is 87.6 Å². The molecule has 6 nitrogen and oxygen atoms in total. The molecule has 1 amide bonds. The third-order valence-corrected chi connectivity index (χ3v) is 6.26. The maximum Gasteiger partial charge on any atom is 0.263 e. The summed E-state index contributed by atoms with van der Waals surface area (Å²) in [6.07, 6.45) is 0.646. The van der Waals surface area contributed by atoms with E-state index >= 15 is 0 Å². The van der Waals surface area contributed by atoms with Crippen LogP contribution in [0.3, 0.4) is 0 Å². The number of rotatable bonds is 5. The van der Waals surface area contributed by atoms with Gasteiger partial charge in [0.05, 0.1) is 9.92 Å². The first-order valence-corrected chi connectivity index (χ1v) is 10.5. The van der Waals surface area contributed by atoms with Crippen molar-refractivity contribution in [1.29, 1.82) is 0 Å². The molecule has 1 aliphatic rings. The molecule has 3 rings (SSSR count). The fraction of sp³-hybridized carbons (Fsp3) is 0.263. The van der Waals surface area contributed by atoms with E-state index in [2.05, 4.69) is 15.0 Å². The minimum absolute atomic E-state index is 0.110. The first-order valence-electron chi connectivity index (χ1n) is 8.69. The highest BCUT2D eigenvalue weighted by Gasteiger charge is 2.33. The van der Waals surface area contributed by atoms with Crippen molar-refractivity contribution >= 4 is 39.1 Å². The van der Waals surface area contributed by atoms with E-state index in [0.29, 0.717) is 17.7 Å². The summed E-state index contributed by atoms with van der Waals surface area (Å²) in [5.74, 6) is -1.06. The van der Waals surface area contributed by atoms with Crippen LogP contribution in [0.25, 0.3) is 0 Å². The Kier molecular flexibility index (Phi) is 5.71. The van der Waals surface area contributed by atoms with E-state index in [-0.39, 0.29) is 21.7 Å². The number of hydrogen-bond donors (Lipinski definition) is 2. The summed E-state index contributed by atoms with van der Waals surface area (Å²) in [4.78, 5) is 17.4. The minimum atomic E-state index is -3.70. The molecule has 2 aromatic rings. The van der Waals surface area contributed by atoms with Crippen molar-refractivity contribution in [3.05, 3.63) is 58.9 Å². The number of fused-ring (bicyclic) bond motifs is 1. The van der Waals surface area contributed by atoms with Crippen LogP contribution in [0.1, 0.15) is 25.8 Å². The van der Waals surface area contributed by atoms with E-state index in [4.69, 9.17) is 11.6 Å². The molecule has 9 heteroatoms. The first-order chi connectivity index (χ1) is 13.2. The predicted octanol–water partition coefficient (Wildman–Crippen LogP) is 3.57. The van der Waals surface area contributed by atoms with Gasteiger partial charge in [0.1, 0.15) is 17.7 Å². The number of sulfonamides is 1. The van der Waals surface area contributed by atoms with Gasteiger partial charge in [-0.05, 0) is 36.2 Å². The number of carbonyl (C=O) groups is 1. The van der Waals surface area contributed by atoms with Crippen molar-refractivity contribution in [1.82, 2.24) is 4.72 Å². The van der Waals surface area contributed by atoms with Crippen LogP contribution >= 0.6 is 11.6 Å². The Morgan fingerprint density at radius 3 is 2.68 bits per heavy atom. The van der Waals surface area contributed by atoms with E-state index in [0.717, 1.165) is 6.07 Å². The maximum absolute atomic E-state index is 13.3. The number of hydrogen-bond acceptors (Lipinski definition) is 4. The zero-order chi connectivity index (χ0) is 20.5. The van der Waals surface area contributed by atoms with Crippen LogP contribution in [0.15, 0.2) is 52.4 Å². The second-order valence-corrected chi connectivity index (χ2v) is 8.59. The number of amidine groups is 1. The lowest BCUT2D eigenvalue weighted by atomic mass is 9.98. The van der Waals surface area contributed by atoms with Crippen molar-refractivity contribution in [2.45, 2.75) is 31.2 Å². The zero-order valence-corrected chi connectivity index (χ0v) is 16.8. The Bertz CT molecular complexity index is 1060. The number of nitrogens with one attached hydrogen (secondary N) is 2. The molecule has 0 saturated heterocycles. The standard InChI is InChI=1S/C19H19ClFN3O3S/c1-3-11(2)17(19(25)22-12-8-9-15(21)14(20)10-12)23-18-13-6-4-5-7-16(13)28(26,27)24-18/h4-11,17H,3H2,1-2H3,(H,22,25)(H,23,24)/t11-,17+/m0/s1. The summed E-state index contributed by atoms with van der Waals surface area (Å²) in [7, 11) is -3.70. The molecule has 1 aliphatic heterocycles. The molecule has 0 bridgehead atoms. The summed E-state index contributed by atoms with van der Waals surface area (Å²) >= 11 is 5.76. The lowest BCUT2D eigenvalue weighted by molar-refractivity contribution is -0.118.